The van der Waals surface area contributed by atoms with Crippen LogP contribution >= 0.6 is 11.6 Å². The lowest BCUT2D eigenvalue weighted by Crippen LogP contribution is -2.08. The largest absolute Gasteiger partial charge is 0.398 e. The highest BCUT2D eigenvalue weighted by molar-refractivity contribution is 6.33. The molecule has 2 rings (SSSR count). The number of halogens is 1. The zero-order valence-electron chi connectivity index (χ0n) is 11.4. The van der Waals surface area contributed by atoms with Gasteiger partial charge in [0.15, 0.2) is 0 Å². The van der Waals surface area contributed by atoms with Gasteiger partial charge in [-0.3, -0.25) is 0 Å². The van der Waals surface area contributed by atoms with E-state index < -0.39 is 0 Å². The molecule has 0 aliphatic carbocycles. The van der Waals surface area contributed by atoms with Crippen molar-refractivity contribution in [3.63, 3.8) is 0 Å². The van der Waals surface area contributed by atoms with Gasteiger partial charge in [-0.15, -0.1) is 0 Å². The van der Waals surface area contributed by atoms with Gasteiger partial charge >= 0.3 is 0 Å². The summed E-state index contributed by atoms with van der Waals surface area (Å²) in [5.74, 6) is 0. The van der Waals surface area contributed by atoms with Gasteiger partial charge < -0.3 is 16.0 Å². The van der Waals surface area contributed by atoms with Crippen molar-refractivity contribution in [1.82, 2.24) is 0 Å². The molecule has 100 valence electrons. The zero-order chi connectivity index (χ0) is 14.0. The summed E-state index contributed by atoms with van der Waals surface area (Å²) < 4.78 is 0. The molecule has 0 aliphatic heterocycles. The van der Waals surface area contributed by atoms with Crippen LogP contribution in [0.4, 0.5) is 22.7 Å². The van der Waals surface area contributed by atoms with E-state index in [2.05, 4.69) is 22.3 Å². The molecule has 2 aromatic carbocycles. The smallest absolute Gasteiger partial charge is 0.0656 e. The standard InChI is InChI=1S/C15H18ClN3/c1-10-7-14(17)13(16)9-15(10)18-11-5-4-6-12(8-11)19(2)3/h4-9,18H,17H2,1-3H3. The van der Waals surface area contributed by atoms with Crippen LogP contribution in [0.5, 0.6) is 0 Å². The molecule has 19 heavy (non-hydrogen) atoms. The van der Waals surface area contributed by atoms with Gasteiger partial charge in [0.2, 0.25) is 0 Å². The number of hydrogen-bond acceptors (Lipinski definition) is 3. The molecule has 0 spiro atoms. The maximum atomic E-state index is 6.06. The summed E-state index contributed by atoms with van der Waals surface area (Å²) in [4.78, 5) is 2.06. The fourth-order valence-corrected chi connectivity index (χ4v) is 2.02. The number of nitrogens with two attached hydrogens (primary N) is 1. The number of nitrogens with one attached hydrogen (secondary N) is 1. The Morgan fingerprint density at radius 1 is 1.16 bits per heavy atom. The molecule has 3 nitrogen and oxygen atoms in total. The summed E-state index contributed by atoms with van der Waals surface area (Å²) in [5.41, 5.74) is 10.6. The van der Waals surface area contributed by atoms with Crippen LogP contribution in [0.1, 0.15) is 5.56 Å². The molecule has 0 saturated heterocycles. The van der Waals surface area contributed by atoms with Crippen LogP contribution in [0.25, 0.3) is 0 Å². The normalized spacial score (nSPS) is 10.3. The van der Waals surface area contributed by atoms with Crippen LogP contribution < -0.4 is 16.0 Å². The first-order valence-corrected chi connectivity index (χ1v) is 6.45. The molecule has 0 bridgehead atoms. The average Bonchev–Trinajstić information content (AvgIpc) is 2.36. The van der Waals surface area contributed by atoms with E-state index in [0.29, 0.717) is 10.7 Å². The Hall–Kier alpha value is -1.87. The van der Waals surface area contributed by atoms with Crippen molar-refractivity contribution in [3.05, 3.63) is 47.0 Å². The number of rotatable bonds is 3. The van der Waals surface area contributed by atoms with Gasteiger partial charge in [-0.1, -0.05) is 17.7 Å². The molecule has 0 heterocycles. The second kappa shape index (κ2) is 5.41. The average molecular weight is 276 g/mol. The van der Waals surface area contributed by atoms with Crippen LogP contribution in [0.15, 0.2) is 36.4 Å². The highest BCUT2D eigenvalue weighted by atomic mass is 35.5. The summed E-state index contributed by atoms with van der Waals surface area (Å²) in [6.45, 7) is 2.00. The van der Waals surface area contributed by atoms with Gasteiger partial charge in [0, 0.05) is 31.2 Å². The molecule has 0 amide bonds. The molecular weight excluding hydrogens is 258 g/mol. The topological polar surface area (TPSA) is 41.3 Å². The van der Waals surface area contributed by atoms with E-state index in [1.807, 2.05) is 45.3 Å². The molecule has 4 heteroatoms. The molecule has 3 N–H and O–H groups in total. The quantitative estimate of drug-likeness (QED) is 0.831. The second-order valence-electron chi connectivity index (χ2n) is 4.76. The van der Waals surface area contributed by atoms with Gasteiger partial charge in [0.1, 0.15) is 0 Å². The molecule has 0 aromatic heterocycles. The lowest BCUT2D eigenvalue weighted by atomic mass is 10.1. The number of nitrogens with zero attached hydrogens (tertiary/aromatic N) is 1. The Kier molecular flexibility index (Phi) is 3.86. The van der Waals surface area contributed by atoms with Gasteiger partial charge in [-0.2, -0.15) is 0 Å². The van der Waals surface area contributed by atoms with Crippen LogP contribution in [-0.4, -0.2) is 14.1 Å². The van der Waals surface area contributed by atoms with Crippen LogP contribution in [0.2, 0.25) is 5.02 Å². The van der Waals surface area contributed by atoms with E-state index >= 15 is 0 Å². The van der Waals surface area contributed by atoms with Crippen molar-refractivity contribution >= 4 is 34.4 Å². The fraction of sp³-hybridized carbons (Fsp3) is 0.200. The van der Waals surface area contributed by atoms with Gasteiger partial charge in [-0.05, 0) is 42.8 Å². The lowest BCUT2D eigenvalue weighted by molar-refractivity contribution is 1.13. The van der Waals surface area contributed by atoms with E-state index in [1.54, 1.807) is 0 Å². The molecule has 0 atom stereocenters. The number of hydrogen-bond donors (Lipinski definition) is 2. The number of nitrogen functional groups attached to an aromatic ring is 1. The lowest BCUT2D eigenvalue weighted by Gasteiger charge is -2.16. The van der Waals surface area contributed by atoms with Gasteiger partial charge in [0.25, 0.3) is 0 Å². The Labute approximate surface area is 119 Å². The van der Waals surface area contributed by atoms with E-state index in [0.717, 1.165) is 22.6 Å². The molecular formula is C15H18ClN3. The highest BCUT2D eigenvalue weighted by Gasteiger charge is 2.05. The summed E-state index contributed by atoms with van der Waals surface area (Å²) in [6.07, 6.45) is 0. The van der Waals surface area contributed by atoms with Gasteiger partial charge in [-0.25, -0.2) is 0 Å². The third-order valence-electron chi connectivity index (χ3n) is 2.99. The molecule has 0 saturated carbocycles. The SMILES string of the molecule is Cc1cc(N)c(Cl)cc1Nc1cccc(N(C)C)c1. The van der Waals surface area contributed by atoms with Crippen LogP contribution in [0, 0.1) is 6.92 Å². The predicted octanol–water partition coefficient (Wildman–Crippen LogP) is 4.04. The predicted molar refractivity (Wildman–Crippen MR) is 84.7 cm³/mol. The van der Waals surface area contributed by atoms with E-state index in [1.165, 1.54) is 0 Å². The third-order valence-corrected chi connectivity index (χ3v) is 3.31. The van der Waals surface area contributed by atoms with E-state index in [9.17, 15) is 0 Å². The summed E-state index contributed by atoms with van der Waals surface area (Å²) in [5, 5.41) is 3.94. The molecule has 0 radical (unpaired) electrons. The monoisotopic (exact) mass is 275 g/mol. The number of benzene rings is 2. The maximum Gasteiger partial charge on any atom is 0.0656 e. The van der Waals surface area contributed by atoms with Crippen molar-refractivity contribution in [3.8, 4) is 0 Å². The Balaban J connectivity index is 2.31. The molecule has 0 unspecified atom stereocenters. The number of anilines is 4. The Morgan fingerprint density at radius 3 is 2.58 bits per heavy atom. The fourth-order valence-electron chi connectivity index (χ4n) is 1.86. The van der Waals surface area contributed by atoms with Gasteiger partial charge in [0.05, 0.1) is 10.7 Å². The maximum absolute atomic E-state index is 6.06. The van der Waals surface area contributed by atoms with Crippen molar-refractivity contribution in [2.24, 2.45) is 0 Å². The van der Waals surface area contributed by atoms with E-state index in [-0.39, 0.29) is 0 Å². The first-order chi connectivity index (χ1) is 8.97. The minimum atomic E-state index is 0.567. The molecule has 2 aromatic rings. The second-order valence-corrected chi connectivity index (χ2v) is 5.17. The zero-order valence-corrected chi connectivity index (χ0v) is 12.1. The first kappa shape index (κ1) is 13.6. The summed E-state index contributed by atoms with van der Waals surface area (Å²) in [7, 11) is 4.04. The van der Waals surface area contributed by atoms with Crippen molar-refractivity contribution in [2.75, 3.05) is 30.0 Å². The summed E-state index contributed by atoms with van der Waals surface area (Å²) in [6, 6.07) is 11.9. The minimum Gasteiger partial charge on any atom is -0.398 e. The first-order valence-electron chi connectivity index (χ1n) is 6.07. The Bertz CT molecular complexity index is 594. The van der Waals surface area contributed by atoms with Crippen molar-refractivity contribution in [1.29, 1.82) is 0 Å². The van der Waals surface area contributed by atoms with Crippen LogP contribution in [-0.2, 0) is 0 Å². The highest BCUT2D eigenvalue weighted by Crippen LogP contribution is 2.29. The van der Waals surface area contributed by atoms with Crippen LogP contribution in [0.3, 0.4) is 0 Å². The van der Waals surface area contributed by atoms with Crippen molar-refractivity contribution < 1.29 is 0 Å². The molecule has 0 aliphatic rings. The van der Waals surface area contributed by atoms with E-state index in [4.69, 9.17) is 17.3 Å². The van der Waals surface area contributed by atoms with Crippen molar-refractivity contribution in [2.45, 2.75) is 6.92 Å². The molecule has 0 fully saturated rings. The number of aryl methyl sites for hydroxylation is 1. The Morgan fingerprint density at radius 2 is 1.89 bits per heavy atom. The summed E-state index contributed by atoms with van der Waals surface area (Å²) >= 11 is 6.06. The third kappa shape index (κ3) is 3.12. The minimum absolute atomic E-state index is 0.567.